The van der Waals surface area contributed by atoms with Crippen LogP contribution >= 0.6 is 0 Å². The van der Waals surface area contributed by atoms with Crippen LogP contribution in [0, 0.1) is 5.92 Å². The second-order valence-corrected chi connectivity index (χ2v) is 5.88. The molecule has 0 spiro atoms. The Morgan fingerprint density at radius 1 is 1.22 bits per heavy atom. The molecule has 0 radical (unpaired) electrons. The van der Waals surface area contributed by atoms with Crippen molar-refractivity contribution in [2.24, 2.45) is 11.1 Å². The number of carbonyl (C=O) groups excluding carboxylic acids is 1. The van der Waals surface area contributed by atoms with E-state index in [0.717, 1.165) is 42.8 Å². The molecule has 0 N–H and O–H groups in total. The molecule has 1 aromatic rings. The Morgan fingerprint density at radius 3 is 2.43 bits per heavy atom. The number of hydrogen-bond donors (Lipinski definition) is 0. The Morgan fingerprint density at radius 2 is 1.87 bits per heavy atom. The van der Waals surface area contributed by atoms with Gasteiger partial charge in [0.2, 0.25) is 0 Å². The van der Waals surface area contributed by atoms with Gasteiger partial charge in [0.05, 0.1) is 16.8 Å². The number of benzene rings is 1. The highest BCUT2D eigenvalue weighted by atomic mass is 19.4. The summed E-state index contributed by atoms with van der Waals surface area (Å²) in [5.74, 6) is -0.120. The SMILES string of the molecule is CCCCCC1CC(=NOC(=O)c2ccc(C(F)(F)F)cc2)C1. The van der Waals surface area contributed by atoms with E-state index >= 15 is 0 Å². The van der Waals surface area contributed by atoms with E-state index in [1.54, 1.807) is 0 Å². The maximum Gasteiger partial charge on any atom is 0.416 e. The number of hydrogen-bond acceptors (Lipinski definition) is 3. The molecule has 126 valence electrons. The fourth-order valence-electron chi connectivity index (χ4n) is 2.52. The maximum atomic E-state index is 12.4. The van der Waals surface area contributed by atoms with Crippen molar-refractivity contribution >= 4 is 11.7 Å². The molecule has 0 aliphatic heterocycles. The largest absolute Gasteiger partial charge is 0.416 e. The first-order valence-corrected chi connectivity index (χ1v) is 7.84. The van der Waals surface area contributed by atoms with E-state index in [4.69, 9.17) is 4.84 Å². The van der Waals surface area contributed by atoms with Crippen molar-refractivity contribution in [2.45, 2.75) is 51.6 Å². The van der Waals surface area contributed by atoms with Gasteiger partial charge in [0.15, 0.2) is 0 Å². The lowest BCUT2D eigenvalue weighted by molar-refractivity contribution is -0.137. The summed E-state index contributed by atoms with van der Waals surface area (Å²) in [6.45, 7) is 2.16. The second-order valence-electron chi connectivity index (χ2n) is 5.88. The molecule has 0 unspecified atom stereocenters. The van der Waals surface area contributed by atoms with Crippen molar-refractivity contribution in [2.75, 3.05) is 0 Å². The number of rotatable bonds is 6. The zero-order valence-corrected chi connectivity index (χ0v) is 13.0. The van der Waals surface area contributed by atoms with Crippen molar-refractivity contribution in [1.29, 1.82) is 0 Å². The number of nitrogens with zero attached hydrogens (tertiary/aromatic N) is 1. The molecule has 1 aliphatic carbocycles. The maximum absolute atomic E-state index is 12.4. The number of oxime groups is 1. The Bertz CT molecular complexity index is 556. The van der Waals surface area contributed by atoms with Crippen molar-refractivity contribution < 1.29 is 22.8 Å². The van der Waals surface area contributed by atoms with Crippen molar-refractivity contribution in [3.8, 4) is 0 Å². The molecule has 1 fully saturated rings. The van der Waals surface area contributed by atoms with Gasteiger partial charge in [0.1, 0.15) is 0 Å². The number of halogens is 3. The van der Waals surface area contributed by atoms with Crippen LogP contribution in [0.2, 0.25) is 0 Å². The standard InChI is InChI=1S/C17H20F3NO2/c1-2-3-4-5-12-10-15(11-12)21-23-16(22)13-6-8-14(9-7-13)17(18,19)20/h6-9,12H,2-5,10-11H2,1H3. The molecular weight excluding hydrogens is 307 g/mol. The summed E-state index contributed by atoms with van der Waals surface area (Å²) in [5.41, 5.74) is 0.0993. The summed E-state index contributed by atoms with van der Waals surface area (Å²) < 4.78 is 37.3. The van der Waals surface area contributed by atoms with Crippen molar-refractivity contribution in [3.63, 3.8) is 0 Å². The van der Waals surface area contributed by atoms with E-state index < -0.39 is 17.7 Å². The normalized spacial score (nSPS) is 17.6. The fraction of sp³-hybridized carbons (Fsp3) is 0.529. The molecule has 0 amide bonds. The minimum Gasteiger partial charge on any atom is -0.313 e. The number of unbranched alkanes of at least 4 members (excludes halogenated alkanes) is 2. The van der Waals surface area contributed by atoms with Crippen LogP contribution in [-0.4, -0.2) is 11.7 Å². The lowest BCUT2D eigenvalue weighted by atomic mass is 9.80. The third kappa shape index (κ3) is 5.08. The van der Waals surface area contributed by atoms with Crippen LogP contribution in [0.5, 0.6) is 0 Å². The van der Waals surface area contributed by atoms with Gasteiger partial charge in [0, 0.05) is 0 Å². The Balaban J connectivity index is 1.79. The highest BCUT2D eigenvalue weighted by molar-refractivity contribution is 5.92. The number of alkyl halides is 3. The summed E-state index contributed by atoms with van der Waals surface area (Å²) in [6.07, 6.45) is 2.05. The van der Waals surface area contributed by atoms with Crippen LogP contribution in [0.4, 0.5) is 13.2 Å². The first kappa shape index (κ1) is 17.5. The molecule has 1 aliphatic rings. The molecule has 2 rings (SSSR count). The van der Waals surface area contributed by atoms with Gasteiger partial charge in [-0.2, -0.15) is 13.2 Å². The third-order valence-corrected chi connectivity index (χ3v) is 3.97. The van der Waals surface area contributed by atoms with Gasteiger partial charge in [-0.15, -0.1) is 0 Å². The predicted octanol–water partition coefficient (Wildman–Crippen LogP) is 5.21. The monoisotopic (exact) mass is 327 g/mol. The summed E-state index contributed by atoms with van der Waals surface area (Å²) in [7, 11) is 0. The first-order valence-electron chi connectivity index (χ1n) is 7.84. The van der Waals surface area contributed by atoms with Gasteiger partial charge in [0.25, 0.3) is 0 Å². The molecule has 0 bridgehead atoms. The molecule has 1 aromatic carbocycles. The smallest absolute Gasteiger partial charge is 0.313 e. The Kier molecular flexibility index (Phi) is 5.80. The zero-order valence-electron chi connectivity index (χ0n) is 13.0. The van der Waals surface area contributed by atoms with Gasteiger partial charge in [-0.05, 0) is 49.4 Å². The topological polar surface area (TPSA) is 38.7 Å². The van der Waals surface area contributed by atoms with Crippen LogP contribution in [0.25, 0.3) is 0 Å². The van der Waals surface area contributed by atoms with Crippen LogP contribution in [0.3, 0.4) is 0 Å². The molecular formula is C17H20F3NO2. The second kappa shape index (κ2) is 7.62. The van der Waals surface area contributed by atoms with Gasteiger partial charge in [-0.25, -0.2) is 4.79 Å². The third-order valence-electron chi connectivity index (χ3n) is 3.97. The van der Waals surface area contributed by atoms with E-state index in [9.17, 15) is 18.0 Å². The Labute approximate surface area is 133 Å². The summed E-state index contributed by atoms with van der Waals surface area (Å²) >= 11 is 0. The molecule has 1 saturated carbocycles. The van der Waals surface area contributed by atoms with E-state index in [1.165, 1.54) is 25.7 Å². The molecule has 3 nitrogen and oxygen atoms in total. The lowest BCUT2D eigenvalue weighted by Crippen LogP contribution is -2.24. The highest BCUT2D eigenvalue weighted by Gasteiger charge is 2.30. The summed E-state index contributed by atoms with van der Waals surface area (Å²) in [5, 5.41) is 3.80. The zero-order chi connectivity index (χ0) is 16.9. The van der Waals surface area contributed by atoms with Crippen molar-refractivity contribution in [1.82, 2.24) is 0 Å². The molecule has 0 saturated heterocycles. The highest BCUT2D eigenvalue weighted by Crippen LogP contribution is 2.30. The van der Waals surface area contributed by atoms with Crippen LogP contribution in [0.15, 0.2) is 29.4 Å². The van der Waals surface area contributed by atoms with Crippen LogP contribution in [-0.2, 0) is 11.0 Å². The van der Waals surface area contributed by atoms with E-state index in [-0.39, 0.29) is 5.56 Å². The summed E-state index contributed by atoms with van der Waals surface area (Å²) in [6, 6.07) is 3.91. The Hall–Kier alpha value is -1.85. The molecule has 0 heterocycles. The summed E-state index contributed by atoms with van der Waals surface area (Å²) in [4.78, 5) is 16.5. The van der Waals surface area contributed by atoms with E-state index in [0.29, 0.717) is 5.92 Å². The van der Waals surface area contributed by atoms with Gasteiger partial charge < -0.3 is 4.84 Å². The number of carbonyl (C=O) groups is 1. The van der Waals surface area contributed by atoms with Crippen LogP contribution < -0.4 is 0 Å². The lowest BCUT2D eigenvalue weighted by Gasteiger charge is -2.26. The average molecular weight is 327 g/mol. The van der Waals surface area contributed by atoms with Gasteiger partial charge in [-0.3, -0.25) is 0 Å². The minimum atomic E-state index is -4.42. The fourth-order valence-corrected chi connectivity index (χ4v) is 2.52. The van der Waals surface area contributed by atoms with Gasteiger partial charge >= 0.3 is 12.1 Å². The van der Waals surface area contributed by atoms with E-state index in [1.807, 2.05) is 0 Å². The molecule has 23 heavy (non-hydrogen) atoms. The van der Waals surface area contributed by atoms with Crippen LogP contribution in [0.1, 0.15) is 61.4 Å². The van der Waals surface area contributed by atoms with Crippen molar-refractivity contribution in [3.05, 3.63) is 35.4 Å². The van der Waals surface area contributed by atoms with E-state index in [2.05, 4.69) is 12.1 Å². The first-order chi connectivity index (χ1) is 10.9. The molecule has 6 heteroatoms. The quantitative estimate of drug-likeness (QED) is 0.409. The molecule has 0 aromatic heterocycles. The molecule has 0 atom stereocenters. The van der Waals surface area contributed by atoms with Gasteiger partial charge in [-0.1, -0.05) is 31.3 Å². The predicted molar refractivity (Wildman–Crippen MR) is 81.2 cm³/mol. The average Bonchev–Trinajstić information content (AvgIpc) is 2.47. The minimum absolute atomic E-state index is 0.0566.